The summed E-state index contributed by atoms with van der Waals surface area (Å²) in [5.41, 5.74) is -0.762. The predicted molar refractivity (Wildman–Crippen MR) is 60.7 cm³/mol. The number of carbonyl (C=O) groups is 1. The molecule has 1 unspecified atom stereocenters. The van der Waals surface area contributed by atoms with Crippen molar-refractivity contribution in [2.24, 2.45) is 0 Å². The molecule has 1 N–H and O–H groups in total. The van der Waals surface area contributed by atoms with Gasteiger partial charge in [0.1, 0.15) is 11.6 Å². The zero-order chi connectivity index (χ0) is 12.5. The van der Waals surface area contributed by atoms with E-state index in [1.807, 2.05) is 0 Å². The van der Waals surface area contributed by atoms with E-state index >= 15 is 0 Å². The molecule has 0 amide bonds. The van der Waals surface area contributed by atoms with Crippen LogP contribution in [0.2, 0.25) is 0 Å². The minimum Gasteiger partial charge on any atom is -0.305 e. The molecule has 1 heterocycles. The normalized spacial score (nSPS) is 23.9. The van der Waals surface area contributed by atoms with Crippen LogP contribution in [0, 0.1) is 11.6 Å². The summed E-state index contributed by atoms with van der Waals surface area (Å²) >= 11 is 0. The summed E-state index contributed by atoms with van der Waals surface area (Å²) in [6, 6.07) is 3.65. The van der Waals surface area contributed by atoms with Gasteiger partial charge in [0.2, 0.25) is 0 Å². The molecule has 0 saturated carbocycles. The number of benzene rings is 1. The Balaban J connectivity index is 2.18. The summed E-state index contributed by atoms with van der Waals surface area (Å²) in [4.78, 5) is 12.0. The van der Waals surface area contributed by atoms with E-state index in [0.717, 1.165) is 19.4 Å². The van der Waals surface area contributed by atoms with E-state index in [2.05, 4.69) is 5.32 Å². The number of hydrogen-bond donors (Lipinski definition) is 1. The fraction of sp³-hybridized carbons (Fsp3) is 0.462. The number of ketones is 1. The molecule has 1 saturated heterocycles. The molecule has 0 aliphatic carbocycles. The average molecular weight is 239 g/mol. The lowest BCUT2D eigenvalue weighted by atomic mass is 9.90. The highest BCUT2D eigenvalue weighted by Crippen LogP contribution is 2.23. The molecule has 0 spiro atoms. The molecule has 92 valence electrons. The van der Waals surface area contributed by atoms with Gasteiger partial charge in [-0.1, -0.05) is 6.07 Å². The van der Waals surface area contributed by atoms with Crippen molar-refractivity contribution in [2.75, 3.05) is 6.54 Å². The van der Waals surface area contributed by atoms with Gasteiger partial charge >= 0.3 is 0 Å². The molecule has 4 heteroatoms. The Hall–Kier alpha value is -1.29. The number of carbonyl (C=O) groups excluding carboxylic acids is 1. The molecule has 0 aromatic heterocycles. The molecule has 2 nitrogen and oxygen atoms in total. The lowest BCUT2D eigenvalue weighted by Crippen LogP contribution is -2.45. The van der Waals surface area contributed by atoms with Crippen LogP contribution in [0.4, 0.5) is 8.78 Å². The molecule has 1 aromatic rings. The lowest BCUT2D eigenvalue weighted by molar-refractivity contribution is -0.123. The summed E-state index contributed by atoms with van der Waals surface area (Å²) in [5, 5.41) is 3.10. The predicted octanol–water partition coefficient (Wildman–Crippen LogP) is 2.22. The van der Waals surface area contributed by atoms with Crippen LogP contribution in [0.15, 0.2) is 18.2 Å². The topological polar surface area (TPSA) is 29.1 Å². The molecule has 0 bridgehead atoms. The van der Waals surface area contributed by atoms with E-state index in [-0.39, 0.29) is 17.8 Å². The standard InChI is InChI=1S/C13H15F2NO/c1-13(6-3-7-16-13)12(17)8-9-10(14)4-2-5-11(9)15/h2,4-5,16H,3,6-8H2,1H3. The maximum atomic E-state index is 13.4. The highest BCUT2D eigenvalue weighted by Gasteiger charge is 2.36. The van der Waals surface area contributed by atoms with Gasteiger partial charge in [0.05, 0.1) is 5.54 Å². The highest BCUT2D eigenvalue weighted by atomic mass is 19.1. The zero-order valence-corrected chi connectivity index (χ0v) is 9.72. The van der Waals surface area contributed by atoms with Crippen molar-refractivity contribution in [3.05, 3.63) is 35.4 Å². The first-order chi connectivity index (χ1) is 8.03. The van der Waals surface area contributed by atoms with Gasteiger partial charge in [0.25, 0.3) is 0 Å². The van der Waals surface area contributed by atoms with Crippen LogP contribution in [0.3, 0.4) is 0 Å². The lowest BCUT2D eigenvalue weighted by Gasteiger charge is -2.22. The molecule has 0 radical (unpaired) electrons. The smallest absolute Gasteiger partial charge is 0.157 e. The quantitative estimate of drug-likeness (QED) is 0.876. The van der Waals surface area contributed by atoms with E-state index in [9.17, 15) is 13.6 Å². The fourth-order valence-electron chi connectivity index (χ4n) is 2.19. The van der Waals surface area contributed by atoms with Crippen molar-refractivity contribution in [1.82, 2.24) is 5.32 Å². The van der Waals surface area contributed by atoms with Gasteiger partial charge in [-0.05, 0) is 38.4 Å². The van der Waals surface area contributed by atoms with Gasteiger partial charge in [-0.25, -0.2) is 8.78 Å². The second-order valence-electron chi connectivity index (χ2n) is 4.66. The first kappa shape index (κ1) is 12.2. The molecule has 1 atom stereocenters. The van der Waals surface area contributed by atoms with Gasteiger partial charge in [-0.2, -0.15) is 0 Å². The van der Waals surface area contributed by atoms with Crippen LogP contribution < -0.4 is 5.32 Å². The Morgan fingerprint density at radius 2 is 2.06 bits per heavy atom. The molecule has 1 aromatic carbocycles. The van der Waals surface area contributed by atoms with Crippen LogP contribution in [0.5, 0.6) is 0 Å². The highest BCUT2D eigenvalue weighted by molar-refractivity contribution is 5.90. The van der Waals surface area contributed by atoms with Crippen molar-refractivity contribution in [3.63, 3.8) is 0 Å². The van der Waals surface area contributed by atoms with Gasteiger partial charge in [0.15, 0.2) is 5.78 Å². The molecular formula is C13H15F2NO. The zero-order valence-electron chi connectivity index (χ0n) is 9.72. The van der Waals surface area contributed by atoms with Gasteiger partial charge in [-0.3, -0.25) is 4.79 Å². The van der Waals surface area contributed by atoms with Crippen LogP contribution in [0.25, 0.3) is 0 Å². The summed E-state index contributed by atoms with van der Waals surface area (Å²) < 4.78 is 26.8. The Kier molecular flexibility index (Phi) is 3.24. The first-order valence-corrected chi connectivity index (χ1v) is 5.74. The Bertz CT molecular complexity index is 419. The van der Waals surface area contributed by atoms with Crippen LogP contribution >= 0.6 is 0 Å². The average Bonchev–Trinajstić information content (AvgIpc) is 2.72. The SMILES string of the molecule is CC1(C(=O)Cc2c(F)cccc2F)CCCN1. The first-order valence-electron chi connectivity index (χ1n) is 5.74. The second kappa shape index (κ2) is 4.53. The summed E-state index contributed by atoms with van der Waals surface area (Å²) in [6.45, 7) is 2.57. The summed E-state index contributed by atoms with van der Waals surface area (Å²) in [6.07, 6.45) is 1.45. The third kappa shape index (κ3) is 2.36. The van der Waals surface area contributed by atoms with Gasteiger partial charge < -0.3 is 5.32 Å². The summed E-state index contributed by atoms with van der Waals surface area (Å²) in [5.74, 6) is -1.46. The third-order valence-corrected chi connectivity index (χ3v) is 3.38. The van der Waals surface area contributed by atoms with Gasteiger partial charge in [-0.15, -0.1) is 0 Å². The van der Waals surface area contributed by atoms with E-state index in [4.69, 9.17) is 0 Å². The van der Waals surface area contributed by atoms with E-state index < -0.39 is 17.2 Å². The number of Topliss-reactive ketones (excluding diaryl/α,β-unsaturated/α-hetero) is 1. The van der Waals surface area contributed by atoms with Crippen LogP contribution in [-0.4, -0.2) is 17.9 Å². The van der Waals surface area contributed by atoms with Crippen molar-refractivity contribution in [1.29, 1.82) is 0 Å². The molecule has 2 rings (SSSR count). The Morgan fingerprint density at radius 3 is 2.59 bits per heavy atom. The Morgan fingerprint density at radius 1 is 1.41 bits per heavy atom. The van der Waals surface area contributed by atoms with Crippen molar-refractivity contribution in [3.8, 4) is 0 Å². The minimum atomic E-state index is -0.653. The maximum Gasteiger partial charge on any atom is 0.157 e. The van der Waals surface area contributed by atoms with E-state index in [1.165, 1.54) is 18.2 Å². The van der Waals surface area contributed by atoms with E-state index in [0.29, 0.717) is 0 Å². The Labute approximate surface area is 99.0 Å². The summed E-state index contributed by atoms with van der Waals surface area (Å²) in [7, 11) is 0. The van der Waals surface area contributed by atoms with E-state index in [1.54, 1.807) is 6.92 Å². The largest absolute Gasteiger partial charge is 0.305 e. The fourth-order valence-corrected chi connectivity index (χ4v) is 2.19. The molecule has 17 heavy (non-hydrogen) atoms. The molecule has 1 fully saturated rings. The monoisotopic (exact) mass is 239 g/mol. The molecule has 1 aliphatic rings. The van der Waals surface area contributed by atoms with Crippen molar-refractivity contribution < 1.29 is 13.6 Å². The third-order valence-electron chi connectivity index (χ3n) is 3.38. The van der Waals surface area contributed by atoms with Crippen LogP contribution in [-0.2, 0) is 11.2 Å². The number of nitrogens with one attached hydrogen (secondary N) is 1. The molecule has 1 aliphatic heterocycles. The van der Waals surface area contributed by atoms with Crippen molar-refractivity contribution >= 4 is 5.78 Å². The number of hydrogen-bond acceptors (Lipinski definition) is 2. The minimum absolute atomic E-state index is 0.132. The second-order valence-corrected chi connectivity index (χ2v) is 4.66. The van der Waals surface area contributed by atoms with Crippen molar-refractivity contribution in [2.45, 2.75) is 31.7 Å². The van der Waals surface area contributed by atoms with Gasteiger partial charge in [0, 0.05) is 12.0 Å². The maximum absolute atomic E-state index is 13.4. The number of rotatable bonds is 3. The number of halogens is 2. The van der Waals surface area contributed by atoms with Crippen LogP contribution in [0.1, 0.15) is 25.3 Å². The molecular weight excluding hydrogens is 224 g/mol.